The van der Waals surface area contributed by atoms with E-state index < -0.39 is 0 Å². The summed E-state index contributed by atoms with van der Waals surface area (Å²) in [5.41, 5.74) is 3.59. The van der Waals surface area contributed by atoms with Crippen LogP contribution in [0.15, 0.2) is 67.0 Å². The molecule has 0 unspecified atom stereocenters. The van der Waals surface area contributed by atoms with Gasteiger partial charge in [0.05, 0.1) is 31.1 Å². The molecule has 1 N–H and O–H groups in total. The van der Waals surface area contributed by atoms with Crippen LogP contribution in [0.2, 0.25) is 0 Å². The smallest absolute Gasteiger partial charge is 0.255 e. The molecule has 1 aromatic heterocycles. The Morgan fingerprint density at radius 1 is 1.04 bits per heavy atom. The summed E-state index contributed by atoms with van der Waals surface area (Å²) in [6, 6.07) is 17.4. The lowest BCUT2D eigenvalue weighted by Gasteiger charge is -2.30. The minimum absolute atomic E-state index is 0.110. The van der Waals surface area contributed by atoms with Gasteiger partial charge in [-0.3, -0.25) is 9.48 Å². The Morgan fingerprint density at radius 2 is 1.81 bits per heavy atom. The Morgan fingerprint density at radius 3 is 2.56 bits per heavy atom. The Kier molecular flexibility index (Phi) is 5.16. The van der Waals surface area contributed by atoms with E-state index >= 15 is 0 Å². The number of benzene rings is 2. The van der Waals surface area contributed by atoms with E-state index in [0.717, 1.165) is 30.0 Å². The molecule has 0 bridgehead atoms. The summed E-state index contributed by atoms with van der Waals surface area (Å²) in [5, 5.41) is 7.25. The molecule has 1 aliphatic rings. The Bertz CT molecular complexity index is 885. The quantitative estimate of drug-likeness (QED) is 0.758. The van der Waals surface area contributed by atoms with Gasteiger partial charge in [0.1, 0.15) is 0 Å². The van der Waals surface area contributed by atoms with Crippen LogP contribution in [0.5, 0.6) is 0 Å². The Labute approximate surface area is 158 Å². The van der Waals surface area contributed by atoms with E-state index in [1.807, 2.05) is 65.5 Å². The fourth-order valence-corrected chi connectivity index (χ4v) is 3.20. The largest absolute Gasteiger partial charge is 0.378 e. The van der Waals surface area contributed by atoms with Gasteiger partial charge in [0.25, 0.3) is 5.91 Å². The summed E-state index contributed by atoms with van der Waals surface area (Å²) in [6.45, 7) is 3.76. The van der Waals surface area contributed by atoms with Gasteiger partial charge in [-0.15, -0.1) is 0 Å². The van der Waals surface area contributed by atoms with E-state index in [-0.39, 0.29) is 5.91 Å². The molecule has 1 fully saturated rings. The average molecular weight is 362 g/mol. The number of aromatic nitrogens is 2. The first kappa shape index (κ1) is 17.3. The van der Waals surface area contributed by atoms with Gasteiger partial charge >= 0.3 is 0 Å². The molecule has 0 atom stereocenters. The van der Waals surface area contributed by atoms with E-state index in [4.69, 9.17) is 4.74 Å². The van der Waals surface area contributed by atoms with Crippen molar-refractivity contribution in [2.75, 3.05) is 36.5 Å². The van der Waals surface area contributed by atoms with Gasteiger partial charge in [0.2, 0.25) is 0 Å². The lowest BCUT2D eigenvalue weighted by Crippen LogP contribution is -2.36. The number of para-hydroxylation sites is 2. The van der Waals surface area contributed by atoms with Crippen LogP contribution in [-0.4, -0.2) is 42.0 Å². The van der Waals surface area contributed by atoms with E-state index in [0.29, 0.717) is 25.3 Å². The molecule has 2 aromatic carbocycles. The molecular formula is C21H22N4O2. The zero-order chi connectivity index (χ0) is 18.5. The van der Waals surface area contributed by atoms with E-state index in [1.54, 1.807) is 6.20 Å². The van der Waals surface area contributed by atoms with Crippen LogP contribution in [0.25, 0.3) is 0 Å². The SMILES string of the molecule is O=C(Nc1ccccc1N1CCOCC1)c1ccc(Cn2cccn2)cc1. The predicted octanol–water partition coefficient (Wildman–Crippen LogP) is 3.02. The molecule has 27 heavy (non-hydrogen) atoms. The maximum atomic E-state index is 12.7. The number of anilines is 2. The molecule has 1 amide bonds. The number of morpholine rings is 1. The fraction of sp³-hybridized carbons (Fsp3) is 0.238. The highest BCUT2D eigenvalue weighted by Gasteiger charge is 2.16. The number of hydrogen-bond acceptors (Lipinski definition) is 4. The first-order chi connectivity index (χ1) is 13.3. The molecule has 4 rings (SSSR count). The van der Waals surface area contributed by atoms with Gasteiger partial charge in [0.15, 0.2) is 0 Å². The predicted molar refractivity (Wildman–Crippen MR) is 105 cm³/mol. The maximum Gasteiger partial charge on any atom is 0.255 e. The molecule has 1 aliphatic heterocycles. The number of nitrogens with one attached hydrogen (secondary N) is 1. The monoisotopic (exact) mass is 362 g/mol. The van der Waals surface area contributed by atoms with Gasteiger partial charge in [-0.2, -0.15) is 5.10 Å². The molecule has 0 radical (unpaired) electrons. The fourth-order valence-electron chi connectivity index (χ4n) is 3.20. The third-order valence-electron chi connectivity index (χ3n) is 4.62. The second-order valence-electron chi connectivity index (χ2n) is 6.47. The number of ether oxygens (including phenoxy) is 1. The Balaban J connectivity index is 1.46. The molecule has 3 aromatic rings. The van der Waals surface area contributed by atoms with Gasteiger partial charge in [0, 0.05) is 31.0 Å². The first-order valence-corrected chi connectivity index (χ1v) is 9.09. The number of carbonyl (C=O) groups excluding carboxylic acids is 1. The minimum atomic E-state index is -0.110. The molecule has 138 valence electrons. The lowest BCUT2D eigenvalue weighted by molar-refractivity contribution is 0.102. The van der Waals surface area contributed by atoms with Crippen LogP contribution in [0.1, 0.15) is 15.9 Å². The maximum absolute atomic E-state index is 12.7. The second-order valence-corrected chi connectivity index (χ2v) is 6.47. The third kappa shape index (κ3) is 4.17. The zero-order valence-electron chi connectivity index (χ0n) is 15.0. The van der Waals surface area contributed by atoms with E-state index in [1.165, 1.54) is 0 Å². The van der Waals surface area contributed by atoms with Crippen molar-refractivity contribution < 1.29 is 9.53 Å². The standard InChI is InChI=1S/C21H22N4O2/c26-21(18-8-6-17(7-9-18)16-25-11-3-10-22-25)23-19-4-1-2-5-20(19)24-12-14-27-15-13-24/h1-11H,12-16H2,(H,23,26). The second kappa shape index (κ2) is 8.05. The van der Waals surface area contributed by atoms with E-state index in [9.17, 15) is 4.79 Å². The summed E-state index contributed by atoms with van der Waals surface area (Å²) in [6.07, 6.45) is 3.68. The summed E-state index contributed by atoms with van der Waals surface area (Å²) in [7, 11) is 0. The molecule has 0 saturated carbocycles. The van der Waals surface area contributed by atoms with Crippen molar-refractivity contribution in [1.82, 2.24) is 9.78 Å². The van der Waals surface area contributed by atoms with Crippen molar-refractivity contribution >= 4 is 17.3 Å². The highest BCUT2D eigenvalue weighted by molar-refractivity contribution is 6.06. The van der Waals surface area contributed by atoms with Crippen LogP contribution < -0.4 is 10.2 Å². The summed E-state index contributed by atoms with van der Waals surface area (Å²) >= 11 is 0. The van der Waals surface area contributed by atoms with E-state index in [2.05, 4.69) is 15.3 Å². The van der Waals surface area contributed by atoms with Crippen molar-refractivity contribution in [3.8, 4) is 0 Å². The molecule has 1 saturated heterocycles. The van der Waals surface area contributed by atoms with Crippen LogP contribution in [-0.2, 0) is 11.3 Å². The highest BCUT2D eigenvalue weighted by atomic mass is 16.5. The number of nitrogens with zero attached hydrogens (tertiary/aromatic N) is 3. The van der Waals surface area contributed by atoms with Crippen LogP contribution in [0.4, 0.5) is 11.4 Å². The van der Waals surface area contributed by atoms with Crippen molar-refractivity contribution in [3.05, 3.63) is 78.1 Å². The highest BCUT2D eigenvalue weighted by Crippen LogP contribution is 2.26. The molecule has 6 heteroatoms. The molecule has 6 nitrogen and oxygen atoms in total. The molecule has 0 spiro atoms. The normalized spacial score (nSPS) is 14.1. The topological polar surface area (TPSA) is 59.4 Å². The van der Waals surface area contributed by atoms with Crippen LogP contribution in [0.3, 0.4) is 0 Å². The summed E-state index contributed by atoms with van der Waals surface area (Å²) < 4.78 is 7.28. The molecule has 2 heterocycles. The van der Waals surface area contributed by atoms with Crippen LogP contribution >= 0.6 is 0 Å². The van der Waals surface area contributed by atoms with Crippen molar-refractivity contribution in [1.29, 1.82) is 0 Å². The number of rotatable bonds is 5. The third-order valence-corrected chi connectivity index (χ3v) is 4.62. The lowest BCUT2D eigenvalue weighted by atomic mass is 10.1. The van der Waals surface area contributed by atoms with Gasteiger partial charge in [-0.25, -0.2) is 0 Å². The molecule has 0 aliphatic carbocycles. The van der Waals surface area contributed by atoms with Gasteiger partial charge < -0.3 is 15.0 Å². The summed E-state index contributed by atoms with van der Waals surface area (Å²) in [4.78, 5) is 14.9. The van der Waals surface area contributed by atoms with Crippen LogP contribution in [0, 0.1) is 0 Å². The first-order valence-electron chi connectivity index (χ1n) is 9.09. The molecular weight excluding hydrogens is 340 g/mol. The Hall–Kier alpha value is -3.12. The van der Waals surface area contributed by atoms with Gasteiger partial charge in [-0.05, 0) is 35.9 Å². The van der Waals surface area contributed by atoms with Crippen molar-refractivity contribution in [2.24, 2.45) is 0 Å². The average Bonchev–Trinajstić information content (AvgIpc) is 3.23. The number of amides is 1. The minimum Gasteiger partial charge on any atom is -0.378 e. The number of carbonyl (C=O) groups is 1. The van der Waals surface area contributed by atoms with Crippen molar-refractivity contribution in [3.63, 3.8) is 0 Å². The zero-order valence-corrected chi connectivity index (χ0v) is 15.0. The van der Waals surface area contributed by atoms with Crippen molar-refractivity contribution in [2.45, 2.75) is 6.54 Å². The van der Waals surface area contributed by atoms with Gasteiger partial charge in [-0.1, -0.05) is 24.3 Å². The summed E-state index contributed by atoms with van der Waals surface area (Å²) in [5.74, 6) is -0.110. The number of hydrogen-bond donors (Lipinski definition) is 1.